The summed E-state index contributed by atoms with van der Waals surface area (Å²) in [6.07, 6.45) is 0.865. The topological polar surface area (TPSA) is 62.2 Å². The predicted octanol–water partition coefficient (Wildman–Crippen LogP) is 2.50. The number of thiazole rings is 1. The van der Waals surface area contributed by atoms with Crippen LogP contribution in [0.4, 0.5) is 5.69 Å². The minimum absolute atomic E-state index is 0.301. The molecule has 1 heterocycles. The van der Waals surface area contributed by atoms with E-state index < -0.39 is 5.97 Å². The fourth-order valence-electron chi connectivity index (χ4n) is 1.43. The number of hydrogen-bond donors (Lipinski definition) is 2. The van der Waals surface area contributed by atoms with Gasteiger partial charge in [-0.1, -0.05) is 0 Å². The molecule has 88 valence electrons. The summed E-state index contributed by atoms with van der Waals surface area (Å²) >= 11 is 1.59. The molecular weight excluding hydrogens is 236 g/mol. The maximum absolute atomic E-state index is 10.7. The number of nitrogens with one attached hydrogen (secondary N) is 1. The Morgan fingerprint density at radius 1 is 1.35 bits per heavy atom. The van der Waals surface area contributed by atoms with Crippen molar-refractivity contribution in [2.24, 2.45) is 0 Å². The molecule has 1 aromatic carbocycles. The van der Waals surface area contributed by atoms with Crippen molar-refractivity contribution in [2.75, 3.05) is 11.9 Å². The van der Waals surface area contributed by atoms with Crippen molar-refractivity contribution in [3.05, 3.63) is 46.4 Å². The van der Waals surface area contributed by atoms with Gasteiger partial charge in [0.05, 0.1) is 16.8 Å². The first kappa shape index (κ1) is 11.6. The fraction of sp³-hybridized carbons (Fsp3) is 0.167. The first-order chi connectivity index (χ1) is 8.25. The molecule has 0 aliphatic rings. The molecule has 0 aliphatic carbocycles. The third-order valence-corrected chi connectivity index (χ3v) is 2.96. The Morgan fingerprint density at radius 2 is 2.12 bits per heavy atom. The summed E-state index contributed by atoms with van der Waals surface area (Å²) in [4.78, 5) is 14.8. The largest absolute Gasteiger partial charge is 0.478 e. The van der Waals surface area contributed by atoms with Crippen LogP contribution in [0.5, 0.6) is 0 Å². The van der Waals surface area contributed by atoms with Gasteiger partial charge in [0.2, 0.25) is 0 Å². The number of rotatable bonds is 5. The molecule has 0 saturated heterocycles. The van der Waals surface area contributed by atoms with Crippen molar-refractivity contribution in [1.29, 1.82) is 0 Å². The molecule has 0 spiro atoms. The second-order valence-corrected chi connectivity index (χ2v) is 4.26. The van der Waals surface area contributed by atoms with Gasteiger partial charge in [0.15, 0.2) is 0 Å². The quantitative estimate of drug-likeness (QED) is 0.853. The number of aromatic nitrogens is 1. The number of aromatic carboxylic acids is 1. The molecule has 2 aromatic rings. The Kier molecular flexibility index (Phi) is 3.72. The summed E-state index contributed by atoms with van der Waals surface area (Å²) in [5.41, 5.74) is 4.11. The van der Waals surface area contributed by atoms with Gasteiger partial charge in [-0.15, -0.1) is 11.3 Å². The zero-order chi connectivity index (χ0) is 12.1. The summed E-state index contributed by atoms with van der Waals surface area (Å²) < 4.78 is 0. The lowest BCUT2D eigenvalue weighted by Crippen LogP contribution is -2.05. The standard InChI is InChI=1S/C12H12N2O2S/c15-12(16)9-1-3-10(4-2-9)13-6-5-11-7-17-8-14-11/h1-4,7-8,13H,5-6H2,(H,15,16). The third kappa shape index (κ3) is 3.29. The van der Waals surface area contributed by atoms with Crippen LogP contribution in [0.25, 0.3) is 0 Å². The molecule has 0 fully saturated rings. The Balaban J connectivity index is 1.85. The lowest BCUT2D eigenvalue weighted by Gasteiger charge is -2.05. The third-order valence-electron chi connectivity index (χ3n) is 2.33. The van der Waals surface area contributed by atoms with E-state index in [-0.39, 0.29) is 0 Å². The van der Waals surface area contributed by atoms with E-state index in [1.54, 1.807) is 35.6 Å². The van der Waals surface area contributed by atoms with Crippen molar-refractivity contribution in [2.45, 2.75) is 6.42 Å². The van der Waals surface area contributed by atoms with E-state index in [2.05, 4.69) is 10.3 Å². The maximum Gasteiger partial charge on any atom is 0.335 e. The van der Waals surface area contributed by atoms with Crippen molar-refractivity contribution >= 4 is 23.0 Å². The van der Waals surface area contributed by atoms with E-state index in [1.807, 2.05) is 10.9 Å². The molecule has 4 nitrogen and oxygen atoms in total. The monoisotopic (exact) mass is 248 g/mol. The number of hydrogen-bond acceptors (Lipinski definition) is 4. The fourth-order valence-corrected chi connectivity index (χ4v) is 2.02. The minimum Gasteiger partial charge on any atom is -0.478 e. The van der Waals surface area contributed by atoms with Gasteiger partial charge in [0.1, 0.15) is 0 Å². The van der Waals surface area contributed by atoms with Crippen molar-refractivity contribution < 1.29 is 9.90 Å². The number of carbonyl (C=O) groups is 1. The van der Waals surface area contributed by atoms with Crippen LogP contribution in [0.2, 0.25) is 0 Å². The Bertz CT molecular complexity index is 480. The highest BCUT2D eigenvalue weighted by Gasteiger charge is 2.01. The van der Waals surface area contributed by atoms with Crippen LogP contribution in [-0.2, 0) is 6.42 Å². The smallest absolute Gasteiger partial charge is 0.335 e. The summed E-state index contributed by atoms with van der Waals surface area (Å²) in [5, 5.41) is 14.0. The molecule has 0 amide bonds. The van der Waals surface area contributed by atoms with Crippen molar-refractivity contribution in [3.8, 4) is 0 Å². The molecule has 5 heteroatoms. The first-order valence-corrected chi connectivity index (χ1v) is 6.14. The summed E-state index contributed by atoms with van der Waals surface area (Å²) in [7, 11) is 0. The normalized spacial score (nSPS) is 10.1. The molecule has 1 aromatic heterocycles. The summed E-state index contributed by atoms with van der Waals surface area (Å²) in [5.74, 6) is -0.904. The second kappa shape index (κ2) is 5.45. The SMILES string of the molecule is O=C(O)c1ccc(NCCc2cscn2)cc1. The van der Waals surface area contributed by atoms with Gasteiger partial charge in [-0.2, -0.15) is 0 Å². The van der Waals surface area contributed by atoms with Crippen LogP contribution in [-0.4, -0.2) is 22.6 Å². The molecule has 0 atom stereocenters. The lowest BCUT2D eigenvalue weighted by atomic mass is 10.2. The van der Waals surface area contributed by atoms with E-state index >= 15 is 0 Å². The number of carboxylic acid groups (broad SMARTS) is 1. The van der Waals surface area contributed by atoms with Crippen LogP contribution in [0.3, 0.4) is 0 Å². The molecule has 0 radical (unpaired) electrons. The van der Waals surface area contributed by atoms with Crippen molar-refractivity contribution in [3.63, 3.8) is 0 Å². The molecule has 2 N–H and O–H groups in total. The van der Waals surface area contributed by atoms with Gasteiger partial charge in [0.25, 0.3) is 0 Å². The van der Waals surface area contributed by atoms with Crippen LogP contribution < -0.4 is 5.32 Å². The first-order valence-electron chi connectivity index (χ1n) is 5.20. The van der Waals surface area contributed by atoms with Crippen molar-refractivity contribution in [1.82, 2.24) is 4.98 Å². The minimum atomic E-state index is -0.904. The highest BCUT2D eigenvalue weighted by Crippen LogP contribution is 2.10. The van der Waals surface area contributed by atoms with E-state index in [0.29, 0.717) is 5.56 Å². The molecule has 17 heavy (non-hydrogen) atoms. The Labute approximate surface area is 103 Å². The van der Waals surface area contributed by atoms with Crippen LogP contribution in [0.1, 0.15) is 16.1 Å². The van der Waals surface area contributed by atoms with Gasteiger partial charge in [-0.05, 0) is 24.3 Å². The molecule has 0 unspecified atom stereocenters. The summed E-state index contributed by atoms with van der Waals surface area (Å²) in [6.45, 7) is 0.788. The zero-order valence-corrected chi connectivity index (χ0v) is 9.91. The van der Waals surface area contributed by atoms with E-state index in [4.69, 9.17) is 5.11 Å². The molecule has 0 aliphatic heterocycles. The number of anilines is 1. The van der Waals surface area contributed by atoms with E-state index in [1.165, 1.54) is 0 Å². The summed E-state index contributed by atoms with van der Waals surface area (Å²) in [6, 6.07) is 6.72. The van der Waals surface area contributed by atoms with E-state index in [0.717, 1.165) is 24.3 Å². The number of carboxylic acids is 1. The van der Waals surface area contributed by atoms with Gasteiger partial charge in [-0.25, -0.2) is 9.78 Å². The van der Waals surface area contributed by atoms with Crippen LogP contribution >= 0.6 is 11.3 Å². The molecule has 0 bridgehead atoms. The highest BCUT2D eigenvalue weighted by atomic mass is 32.1. The highest BCUT2D eigenvalue weighted by molar-refractivity contribution is 7.07. The van der Waals surface area contributed by atoms with Gasteiger partial charge < -0.3 is 10.4 Å². The van der Waals surface area contributed by atoms with Crippen LogP contribution in [0.15, 0.2) is 35.2 Å². The molecule has 0 saturated carbocycles. The van der Waals surface area contributed by atoms with Crippen LogP contribution in [0, 0.1) is 0 Å². The predicted molar refractivity (Wildman–Crippen MR) is 67.7 cm³/mol. The van der Waals surface area contributed by atoms with E-state index in [9.17, 15) is 4.79 Å². The average Bonchev–Trinajstić information content (AvgIpc) is 2.83. The average molecular weight is 248 g/mol. The van der Waals surface area contributed by atoms with Gasteiger partial charge in [-0.3, -0.25) is 0 Å². The number of benzene rings is 1. The maximum atomic E-state index is 10.7. The Morgan fingerprint density at radius 3 is 2.71 bits per heavy atom. The second-order valence-electron chi connectivity index (χ2n) is 3.54. The lowest BCUT2D eigenvalue weighted by molar-refractivity contribution is 0.0697. The number of nitrogens with zero attached hydrogens (tertiary/aromatic N) is 1. The van der Waals surface area contributed by atoms with Gasteiger partial charge >= 0.3 is 5.97 Å². The molecular formula is C12H12N2O2S. The Hall–Kier alpha value is -1.88. The molecule has 2 rings (SSSR count). The zero-order valence-electron chi connectivity index (χ0n) is 9.09. The van der Waals surface area contributed by atoms with Gasteiger partial charge in [0, 0.05) is 24.0 Å².